The van der Waals surface area contributed by atoms with Gasteiger partial charge in [-0.3, -0.25) is 9.59 Å². The topological polar surface area (TPSA) is 62.6 Å². The lowest BCUT2D eigenvalue weighted by molar-refractivity contribution is -0.121. The lowest BCUT2D eigenvalue weighted by Crippen LogP contribution is -2.46. The van der Waals surface area contributed by atoms with Gasteiger partial charge in [0.2, 0.25) is 5.91 Å². The minimum atomic E-state index is -0.0796. The van der Waals surface area contributed by atoms with Crippen molar-refractivity contribution < 1.29 is 14.0 Å². The van der Waals surface area contributed by atoms with E-state index in [-0.39, 0.29) is 17.9 Å². The summed E-state index contributed by atoms with van der Waals surface area (Å²) in [6.07, 6.45) is 3.44. The second-order valence-corrected chi connectivity index (χ2v) is 5.77. The lowest BCUT2D eigenvalue weighted by atomic mass is 10.0. The first-order valence-electron chi connectivity index (χ1n) is 7.88. The predicted molar refractivity (Wildman–Crippen MR) is 85.9 cm³/mol. The molecule has 1 saturated heterocycles. The molecule has 5 heteroatoms. The molecule has 3 rings (SSSR count). The van der Waals surface area contributed by atoms with Crippen LogP contribution in [0.15, 0.2) is 53.1 Å². The molecule has 0 atom stereocenters. The van der Waals surface area contributed by atoms with Gasteiger partial charge < -0.3 is 14.6 Å². The number of carbonyl (C=O) groups excluding carboxylic acids is 2. The minimum Gasteiger partial charge on any atom is -0.459 e. The second-order valence-electron chi connectivity index (χ2n) is 5.77. The summed E-state index contributed by atoms with van der Waals surface area (Å²) in [5, 5.41) is 3.06. The van der Waals surface area contributed by atoms with Gasteiger partial charge in [0.05, 0.1) is 12.7 Å². The predicted octanol–water partition coefficient (Wildman–Crippen LogP) is 2.24. The smallest absolute Gasteiger partial charge is 0.289 e. The van der Waals surface area contributed by atoms with Crippen LogP contribution in [0.25, 0.3) is 0 Å². The van der Waals surface area contributed by atoms with Gasteiger partial charge in [-0.1, -0.05) is 30.3 Å². The van der Waals surface area contributed by atoms with Crippen molar-refractivity contribution in [3.8, 4) is 0 Å². The van der Waals surface area contributed by atoms with E-state index >= 15 is 0 Å². The fourth-order valence-electron chi connectivity index (χ4n) is 2.84. The molecule has 0 radical (unpaired) electrons. The van der Waals surface area contributed by atoms with E-state index in [1.807, 2.05) is 30.3 Å². The number of hydrogen-bond acceptors (Lipinski definition) is 3. The van der Waals surface area contributed by atoms with Crippen LogP contribution in [-0.2, 0) is 11.2 Å². The maximum atomic E-state index is 12.2. The molecule has 1 aromatic heterocycles. The Bertz CT molecular complexity index is 644. The van der Waals surface area contributed by atoms with E-state index in [0.29, 0.717) is 25.3 Å². The minimum absolute atomic E-state index is 0.0343. The first kappa shape index (κ1) is 15.3. The number of furan rings is 1. The maximum absolute atomic E-state index is 12.2. The van der Waals surface area contributed by atoms with Crippen LogP contribution in [-0.4, -0.2) is 35.8 Å². The molecule has 0 saturated carbocycles. The van der Waals surface area contributed by atoms with Crippen molar-refractivity contribution in [1.29, 1.82) is 0 Å². The highest BCUT2D eigenvalue weighted by Crippen LogP contribution is 2.14. The Morgan fingerprint density at radius 2 is 1.83 bits per heavy atom. The highest BCUT2D eigenvalue weighted by molar-refractivity contribution is 5.91. The van der Waals surface area contributed by atoms with E-state index in [4.69, 9.17) is 4.42 Å². The highest BCUT2D eigenvalue weighted by atomic mass is 16.3. The average Bonchev–Trinajstić information content (AvgIpc) is 3.10. The standard InChI is InChI=1S/C18H20N2O3/c21-17(13-14-5-2-1-3-6-14)19-15-8-10-20(11-9-15)18(22)16-7-4-12-23-16/h1-7,12,15H,8-11,13H2,(H,19,21). The van der Waals surface area contributed by atoms with Crippen molar-refractivity contribution in [2.24, 2.45) is 0 Å². The van der Waals surface area contributed by atoms with Crippen molar-refractivity contribution in [2.75, 3.05) is 13.1 Å². The van der Waals surface area contributed by atoms with Crippen LogP contribution >= 0.6 is 0 Å². The molecular weight excluding hydrogens is 292 g/mol. The number of hydrogen-bond donors (Lipinski definition) is 1. The van der Waals surface area contributed by atoms with Crippen LogP contribution in [0.4, 0.5) is 0 Å². The zero-order valence-electron chi connectivity index (χ0n) is 12.9. The third-order valence-corrected chi connectivity index (χ3v) is 4.09. The molecule has 0 spiro atoms. The summed E-state index contributed by atoms with van der Waals surface area (Å²) in [5.41, 5.74) is 1.01. The van der Waals surface area contributed by atoms with E-state index < -0.39 is 0 Å². The molecule has 2 heterocycles. The van der Waals surface area contributed by atoms with E-state index in [1.54, 1.807) is 17.0 Å². The molecule has 5 nitrogen and oxygen atoms in total. The molecule has 1 fully saturated rings. The molecule has 0 aliphatic carbocycles. The Kier molecular flexibility index (Phi) is 4.76. The molecule has 120 valence electrons. The first-order valence-corrected chi connectivity index (χ1v) is 7.88. The second kappa shape index (κ2) is 7.13. The third-order valence-electron chi connectivity index (χ3n) is 4.09. The molecule has 1 aliphatic rings. The van der Waals surface area contributed by atoms with E-state index in [1.165, 1.54) is 6.26 Å². The number of carbonyl (C=O) groups is 2. The number of nitrogens with one attached hydrogen (secondary N) is 1. The lowest BCUT2D eigenvalue weighted by Gasteiger charge is -2.31. The van der Waals surface area contributed by atoms with Crippen molar-refractivity contribution in [1.82, 2.24) is 10.2 Å². The summed E-state index contributed by atoms with van der Waals surface area (Å²) < 4.78 is 5.15. The zero-order valence-corrected chi connectivity index (χ0v) is 12.9. The van der Waals surface area contributed by atoms with Gasteiger partial charge >= 0.3 is 0 Å². The SMILES string of the molecule is O=C(Cc1ccccc1)NC1CCN(C(=O)c2ccco2)CC1. The van der Waals surface area contributed by atoms with Crippen LogP contribution in [0.5, 0.6) is 0 Å². The number of rotatable bonds is 4. The van der Waals surface area contributed by atoms with Gasteiger partial charge in [-0.15, -0.1) is 0 Å². The summed E-state index contributed by atoms with van der Waals surface area (Å²) in [6.45, 7) is 1.27. The van der Waals surface area contributed by atoms with Crippen molar-refractivity contribution in [3.63, 3.8) is 0 Å². The summed E-state index contributed by atoms with van der Waals surface area (Å²) in [5.74, 6) is 0.327. The Morgan fingerprint density at radius 3 is 2.48 bits per heavy atom. The molecule has 23 heavy (non-hydrogen) atoms. The van der Waals surface area contributed by atoms with Crippen LogP contribution in [0, 0.1) is 0 Å². The summed E-state index contributed by atoms with van der Waals surface area (Å²) >= 11 is 0. The quantitative estimate of drug-likeness (QED) is 0.942. The Morgan fingerprint density at radius 1 is 1.09 bits per heavy atom. The van der Waals surface area contributed by atoms with Crippen LogP contribution in [0.2, 0.25) is 0 Å². The number of piperidine rings is 1. The number of likely N-dealkylation sites (tertiary alicyclic amines) is 1. The Hall–Kier alpha value is -2.56. The van der Waals surface area contributed by atoms with Crippen LogP contribution in [0.3, 0.4) is 0 Å². The first-order chi connectivity index (χ1) is 11.2. The van der Waals surface area contributed by atoms with E-state index in [0.717, 1.165) is 18.4 Å². The molecule has 1 aliphatic heterocycles. The molecule has 1 aromatic carbocycles. The van der Waals surface area contributed by atoms with Crippen molar-refractivity contribution in [3.05, 3.63) is 60.1 Å². The molecular formula is C18H20N2O3. The van der Waals surface area contributed by atoms with Gasteiger partial charge in [-0.25, -0.2) is 0 Å². The van der Waals surface area contributed by atoms with Gasteiger partial charge in [-0.05, 0) is 30.5 Å². The maximum Gasteiger partial charge on any atom is 0.289 e. The summed E-state index contributed by atoms with van der Waals surface area (Å²) in [7, 11) is 0. The molecule has 0 bridgehead atoms. The average molecular weight is 312 g/mol. The van der Waals surface area contributed by atoms with E-state index in [2.05, 4.69) is 5.32 Å². The van der Waals surface area contributed by atoms with Crippen LogP contribution < -0.4 is 5.32 Å². The molecule has 2 aromatic rings. The Labute approximate surface area is 135 Å². The third kappa shape index (κ3) is 4.00. The van der Waals surface area contributed by atoms with Gasteiger partial charge in [0.1, 0.15) is 0 Å². The fraction of sp³-hybridized carbons (Fsp3) is 0.333. The van der Waals surface area contributed by atoms with Gasteiger partial charge in [0.15, 0.2) is 5.76 Å². The van der Waals surface area contributed by atoms with Crippen molar-refractivity contribution in [2.45, 2.75) is 25.3 Å². The molecule has 1 N–H and O–H groups in total. The normalized spacial score (nSPS) is 15.4. The Balaban J connectivity index is 1.46. The summed E-state index contributed by atoms with van der Waals surface area (Å²) in [6, 6.07) is 13.2. The number of nitrogens with zero attached hydrogens (tertiary/aromatic N) is 1. The highest BCUT2D eigenvalue weighted by Gasteiger charge is 2.25. The number of benzene rings is 1. The van der Waals surface area contributed by atoms with Gasteiger partial charge in [0, 0.05) is 19.1 Å². The monoisotopic (exact) mass is 312 g/mol. The molecule has 0 unspecified atom stereocenters. The van der Waals surface area contributed by atoms with Crippen LogP contribution in [0.1, 0.15) is 29.0 Å². The van der Waals surface area contributed by atoms with Crippen molar-refractivity contribution >= 4 is 11.8 Å². The van der Waals surface area contributed by atoms with E-state index in [9.17, 15) is 9.59 Å². The number of amides is 2. The fourth-order valence-corrected chi connectivity index (χ4v) is 2.84. The summed E-state index contributed by atoms with van der Waals surface area (Å²) in [4.78, 5) is 26.0. The zero-order chi connectivity index (χ0) is 16.1. The van der Waals surface area contributed by atoms with Gasteiger partial charge in [0.25, 0.3) is 5.91 Å². The largest absolute Gasteiger partial charge is 0.459 e. The molecule has 2 amide bonds. The van der Waals surface area contributed by atoms with Gasteiger partial charge in [-0.2, -0.15) is 0 Å².